The van der Waals surface area contributed by atoms with Gasteiger partial charge in [-0.15, -0.1) is 0 Å². The fourth-order valence-corrected chi connectivity index (χ4v) is 2.95. The standard InChI is InChI=1S/C18H26FN5O.C2H3N/c1-13(14-7-9-22-10-8-14)24(21-2)12-15(18(20)25)11-23-17-5-3-16(19)4-6-17;1-2-3/h3-6,12-14,22-23H,2,7-11H2,1H3,(H2,20,25);1H3/b15-12+;/t13-;/m0./s1. The number of hydrogen-bond acceptors (Lipinski definition) is 6. The van der Waals surface area contributed by atoms with Gasteiger partial charge in [0.05, 0.1) is 17.7 Å². The zero-order valence-corrected chi connectivity index (χ0v) is 16.5. The lowest BCUT2D eigenvalue weighted by Gasteiger charge is -2.33. The molecule has 0 bridgehead atoms. The first-order valence-corrected chi connectivity index (χ1v) is 9.19. The molecule has 7 nitrogen and oxygen atoms in total. The molecule has 2 rings (SSSR count). The first kappa shape index (κ1) is 23.1. The number of anilines is 1. The van der Waals surface area contributed by atoms with Gasteiger partial charge in [-0.25, -0.2) is 4.39 Å². The fourth-order valence-electron chi connectivity index (χ4n) is 2.95. The molecule has 0 saturated carbocycles. The Balaban J connectivity index is 0.00000122. The molecule has 4 N–H and O–H groups in total. The summed E-state index contributed by atoms with van der Waals surface area (Å²) in [5.41, 5.74) is 6.59. The third kappa shape index (κ3) is 7.76. The zero-order chi connectivity index (χ0) is 20.9. The molecule has 28 heavy (non-hydrogen) atoms. The van der Waals surface area contributed by atoms with Gasteiger partial charge in [-0.1, -0.05) is 0 Å². The van der Waals surface area contributed by atoms with Crippen molar-refractivity contribution in [1.82, 2.24) is 10.3 Å². The van der Waals surface area contributed by atoms with E-state index in [2.05, 4.69) is 29.4 Å². The molecular weight excluding hydrogens is 359 g/mol. The molecule has 1 heterocycles. The number of carbonyl (C=O) groups is 1. The molecule has 1 aromatic carbocycles. The van der Waals surface area contributed by atoms with Crippen LogP contribution < -0.4 is 16.4 Å². The number of hydrazone groups is 1. The number of nitrogens with zero attached hydrogens (tertiary/aromatic N) is 3. The summed E-state index contributed by atoms with van der Waals surface area (Å²) in [5.74, 6) is -0.364. The summed E-state index contributed by atoms with van der Waals surface area (Å²) in [6.45, 7) is 9.32. The Morgan fingerprint density at radius 2 is 2.07 bits per heavy atom. The van der Waals surface area contributed by atoms with Gasteiger partial charge < -0.3 is 16.4 Å². The average molecular weight is 388 g/mol. The highest BCUT2D eigenvalue weighted by molar-refractivity contribution is 5.92. The molecule has 1 aliphatic rings. The van der Waals surface area contributed by atoms with Crippen molar-refractivity contribution in [1.29, 1.82) is 5.26 Å². The number of nitriles is 1. The molecule has 0 spiro atoms. The van der Waals surface area contributed by atoms with Gasteiger partial charge in [0.2, 0.25) is 5.91 Å². The molecule has 1 aromatic rings. The van der Waals surface area contributed by atoms with Crippen LogP contribution in [0.2, 0.25) is 0 Å². The first-order chi connectivity index (χ1) is 13.4. The van der Waals surface area contributed by atoms with E-state index in [-0.39, 0.29) is 18.4 Å². The Bertz CT molecular complexity index is 692. The van der Waals surface area contributed by atoms with E-state index >= 15 is 0 Å². The van der Waals surface area contributed by atoms with E-state index in [0.29, 0.717) is 17.2 Å². The predicted molar refractivity (Wildman–Crippen MR) is 110 cm³/mol. The quantitative estimate of drug-likeness (QED) is 0.360. The smallest absolute Gasteiger partial charge is 0.247 e. The number of halogens is 1. The van der Waals surface area contributed by atoms with Crippen LogP contribution in [0.5, 0.6) is 0 Å². The van der Waals surface area contributed by atoms with Gasteiger partial charge in [-0.05, 0) is 63.0 Å². The van der Waals surface area contributed by atoms with E-state index in [1.165, 1.54) is 19.1 Å². The van der Waals surface area contributed by atoms with Gasteiger partial charge in [0, 0.05) is 32.1 Å². The number of carbonyl (C=O) groups excluding carboxylic acids is 1. The second-order valence-corrected chi connectivity index (χ2v) is 6.45. The van der Waals surface area contributed by atoms with Gasteiger partial charge in [-0.3, -0.25) is 9.80 Å². The molecule has 0 aliphatic carbocycles. The highest BCUT2D eigenvalue weighted by Gasteiger charge is 2.24. The minimum absolute atomic E-state index is 0.125. The van der Waals surface area contributed by atoms with Crippen LogP contribution in [0.25, 0.3) is 0 Å². The second kappa shape index (κ2) is 12.5. The van der Waals surface area contributed by atoms with Crippen molar-refractivity contribution in [2.75, 3.05) is 25.0 Å². The highest BCUT2D eigenvalue weighted by Crippen LogP contribution is 2.22. The van der Waals surface area contributed by atoms with Crippen molar-refractivity contribution < 1.29 is 9.18 Å². The Kier molecular flexibility index (Phi) is 10.3. The Hall–Kier alpha value is -2.92. The van der Waals surface area contributed by atoms with Gasteiger partial charge >= 0.3 is 0 Å². The van der Waals surface area contributed by atoms with Crippen molar-refractivity contribution >= 4 is 18.3 Å². The summed E-state index contributed by atoms with van der Waals surface area (Å²) in [4.78, 5) is 11.8. The van der Waals surface area contributed by atoms with E-state index in [1.54, 1.807) is 29.4 Å². The van der Waals surface area contributed by atoms with Crippen LogP contribution in [0, 0.1) is 23.1 Å². The molecule has 8 heteroatoms. The summed E-state index contributed by atoms with van der Waals surface area (Å²) in [6.07, 6.45) is 3.76. The summed E-state index contributed by atoms with van der Waals surface area (Å²) >= 11 is 0. The van der Waals surface area contributed by atoms with Crippen LogP contribution >= 0.6 is 0 Å². The number of primary amides is 1. The van der Waals surface area contributed by atoms with Gasteiger partial charge in [0.25, 0.3) is 0 Å². The number of amides is 1. The molecule has 0 aromatic heterocycles. The van der Waals surface area contributed by atoms with E-state index in [0.717, 1.165) is 25.9 Å². The van der Waals surface area contributed by atoms with Gasteiger partial charge in [0.1, 0.15) is 5.82 Å². The van der Waals surface area contributed by atoms with Crippen molar-refractivity contribution in [2.24, 2.45) is 16.8 Å². The third-order valence-corrected chi connectivity index (χ3v) is 4.58. The largest absolute Gasteiger partial charge is 0.381 e. The number of rotatable bonds is 8. The number of nitrogens with one attached hydrogen (secondary N) is 2. The second-order valence-electron chi connectivity index (χ2n) is 6.45. The lowest BCUT2D eigenvalue weighted by Crippen LogP contribution is -2.39. The molecule has 0 radical (unpaired) electrons. The number of piperidine rings is 1. The zero-order valence-electron chi connectivity index (χ0n) is 16.5. The maximum absolute atomic E-state index is 13.0. The summed E-state index contributed by atoms with van der Waals surface area (Å²) in [6, 6.07) is 7.80. The van der Waals surface area contributed by atoms with Gasteiger partial charge in [-0.2, -0.15) is 10.4 Å². The summed E-state index contributed by atoms with van der Waals surface area (Å²) < 4.78 is 13.0. The van der Waals surface area contributed by atoms with E-state index in [4.69, 9.17) is 11.0 Å². The van der Waals surface area contributed by atoms with Crippen molar-refractivity contribution in [3.8, 4) is 6.07 Å². The normalized spacial score (nSPS) is 15.4. The van der Waals surface area contributed by atoms with Crippen LogP contribution in [-0.4, -0.2) is 43.3 Å². The van der Waals surface area contributed by atoms with Crippen molar-refractivity contribution in [3.05, 3.63) is 41.9 Å². The lowest BCUT2D eigenvalue weighted by atomic mass is 9.91. The Morgan fingerprint density at radius 1 is 1.50 bits per heavy atom. The molecule has 1 atom stereocenters. The number of nitrogens with two attached hydrogens (primary N) is 1. The average Bonchev–Trinajstić information content (AvgIpc) is 2.70. The van der Waals surface area contributed by atoms with Crippen LogP contribution in [-0.2, 0) is 4.79 Å². The summed E-state index contributed by atoms with van der Waals surface area (Å²) in [5, 5.41) is 19.5. The summed E-state index contributed by atoms with van der Waals surface area (Å²) in [7, 11) is 0. The van der Waals surface area contributed by atoms with Crippen LogP contribution in [0.1, 0.15) is 26.7 Å². The molecule has 1 saturated heterocycles. The Morgan fingerprint density at radius 3 is 2.57 bits per heavy atom. The van der Waals surface area contributed by atoms with Crippen LogP contribution in [0.3, 0.4) is 0 Å². The minimum Gasteiger partial charge on any atom is -0.381 e. The molecule has 1 aliphatic heterocycles. The number of hydrogen-bond donors (Lipinski definition) is 3. The topological polar surface area (TPSA) is 107 Å². The first-order valence-electron chi connectivity index (χ1n) is 9.19. The molecule has 0 unspecified atom stereocenters. The highest BCUT2D eigenvalue weighted by atomic mass is 19.1. The third-order valence-electron chi connectivity index (χ3n) is 4.58. The Labute approximate surface area is 166 Å². The molecule has 1 fully saturated rings. The van der Waals surface area contributed by atoms with E-state index in [9.17, 15) is 9.18 Å². The fraction of sp³-hybridized carbons (Fsp3) is 0.450. The monoisotopic (exact) mass is 388 g/mol. The van der Waals surface area contributed by atoms with Crippen molar-refractivity contribution in [3.63, 3.8) is 0 Å². The molecule has 152 valence electrons. The van der Waals surface area contributed by atoms with Crippen LogP contribution in [0.4, 0.5) is 10.1 Å². The maximum Gasteiger partial charge on any atom is 0.247 e. The number of benzene rings is 1. The maximum atomic E-state index is 13.0. The SMILES string of the molecule is C=NN(/C=C(\CNc1ccc(F)cc1)C(N)=O)[C@@H](C)C1CCNCC1.CC#N. The predicted octanol–water partition coefficient (Wildman–Crippen LogP) is 2.44. The molecule has 1 amide bonds. The van der Waals surface area contributed by atoms with Gasteiger partial charge in [0.15, 0.2) is 0 Å². The lowest BCUT2D eigenvalue weighted by molar-refractivity contribution is -0.114. The van der Waals surface area contributed by atoms with E-state index in [1.807, 2.05) is 0 Å². The van der Waals surface area contributed by atoms with Crippen LogP contribution in [0.15, 0.2) is 41.1 Å². The van der Waals surface area contributed by atoms with Crippen molar-refractivity contribution in [2.45, 2.75) is 32.7 Å². The van der Waals surface area contributed by atoms with E-state index < -0.39 is 5.91 Å². The molecular formula is C20H29FN6O. The minimum atomic E-state index is -0.527.